The SMILES string of the molecule is C[C@H](CSC(=O)c1ccccc1)C(=O)N1C(=O)OC[C@H]1C(=O)O. The van der Waals surface area contributed by atoms with Crippen LogP contribution in [0.1, 0.15) is 17.3 Å². The molecule has 0 radical (unpaired) electrons. The molecule has 1 aromatic carbocycles. The molecule has 0 unspecified atom stereocenters. The van der Waals surface area contributed by atoms with E-state index in [2.05, 4.69) is 4.74 Å². The third-order valence-corrected chi connectivity index (χ3v) is 4.46. The standard InChI is InChI=1S/C15H15NO6S/c1-9(8-23-14(20)10-5-3-2-4-6-10)12(17)16-11(13(18)19)7-22-15(16)21/h2-6,9,11H,7-8H2,1H3,(H,18,19)/t9-,11+/m1/s1. The first-order valence-corrected chi connectivity index (χ1v) is 7.85. The number of carboxylic acids is 1. The maximum atomic E-state index is 12.3. The van der Waals surface area contributed by atoms with Crippen LogP contribution in [-0.4, -0.2) is 51.5 Å². The molecule has 2 atom stereocenters. The largest absolute Gasteiger partial charge is 0.480 e. The number of nitrogens with zero attached hydrogens (tertiary/aromatic N) is 1. The van der Waals surface area contributed by atoms with Gasteiger partial charge in [-0.05, 0) is 0 Å². The number of rotatable bonds is 5. The molecule has 2 rings (SSSR count). The minimum atomic E-state index is -1.31. The van der Waals surface area contributed by atoms with E-state index in [4.69, 9.17) is 5.11 Å². The first-order chi connectivity index (χ1) is 10.9. The molecule has 8 heteroatoms. The van der Waals surface area contributed by atoms with Gasteiger partial charge in [0.25, 0.3) is 0 Å². The zero-order valence-electron chi connectivity index (χ0n) is 12.3. The number of thioether (sulfide) groups is 1. The summed E-state index contributed by atoms with van der Waals surface area (Å²) in [7, 11) is 0. The Balaban J connectivity index is 1.96. The highest BCUT2D eigenvalue weighted by atomic mass is 32.2. The van der Waals surface area contributed by atoms with Gasteiger partial charge in [0, 0.05) is 17.2 Å². The normalized spacial score (nSPS) is 18.4. The Hall–Kier alpha value is -2.35. The van der Waals surface area contributed by atoms with Crippen LogP contribution >= 0.6 is 11.8 Å². The number of hydrogen-bond acceptors (Lipinski definition) is 6. The van der Waals surface area contributed by atoms with E-state index < -0.39 is 29.9 Å². The lowest BCUT2D eigenvalue weighted by Crippen LogP contribution is -2.46. The van der Waals surface area contributed by atoms with Gasteiger partial charge in [-0.15, -0.1) is 0 Å². The summed E-state index contributed by atoms with van der Waals surface area (Å²) in [6.07, 6.45) is -0.964. The van der Waals surface area contributed by atoms with E-state index in [0.29, 0.717) is 10.5 Å². The van der Waals surface area contributed by atoms with Crippen molar-refractivity contribution in [3.8, 4) is 0 Å². The molecule has 1 aromatic rings. The summed E-state index contributed by atoms with van der Waals surface area (Å²) in [5.74, 6) is -2.51. The van der Waals surface area contributed by atoms with Crippen molar-refractivity contribution in [2.45, 2.75) is 13.0 Å². The number of carbonyl (C=O) groups is 4. The highest BCUT2D eigenvalue weighted by Gasteiger charge is 2.43. The molecule has 1 aliphatic heterocycles. The average Bonchev–Trinajstić information content (AvgIpc) is 2.94. The van der Waals surface area contributed by atoms with Gasteiger partial charge in [-0.25, -0.2) is 14.5 Å². The Morgan fingerprint density at radius 1 is 1.35 bits per heavy atom. The van der Waals surface area contributed by atoms with E-state index in [1.165, 1.54) is 6.92 Å². The van der Waals surface area contributed by atoms with Crippen molar-refractivity contribution in [2.75, 3.05) is 12.4 Å². The van der Waals surface area contributed by atoms with Crippen LogP contribution in [0.25, 0.3) is 0 Å². The van der Waals surface area contributed by atoms with E-state index in [-0.39, 0.29) is 17.5 Å². The molecule has 122 valence electrons. The molecule has 0 aromatic heterocycles. The Bertz CT molecular complexity index is 632. The summed E-state index contributed by atoms with van der Waals surface area (Å²) in [6, 6.07) is 7.28. The number of ether oxygens (including phenoxy) is 1. The number of cyclic esters (lactones) is 1. The highest BCUT2D eigenvalue weighted by Crippen LogP contribution is 2.21. The maximum Gasteiger partial charge on any atom is 0.417 e. The minimum Gasteiger partial charge on any atom is -0.480 e. The molecule has 1 fully saturated rings. The summed E-state index contributed by atoms with van der Waals surface area (Å²) in [5.41, 5.74) is 0.515. The summed E-state index contributed by atoms with van der Waals surface area (Å²) in [5, 5.41) is 8.82. The van der Waals surface area contributed by atoms with E-state index in [1.54, 1.807) is 30.3 Å². The quantitative estimate of drug-likeness (QED) is 0.871. The van der Waals surface area contributed by atoms with Crippen LogP contribution in [0.3, 0.4) is 0 Å². The van der Waals surface area contributed by atoms with Crippen LogP contribution in [0.5, 0.6) is 0 Å². The van der Waals surface area contributed by atoms with E-state index in [9.17, 15) is 19.2 Å². The van der Waals surface area contributed by atoms with Crippen molar-refractivity contribution < 1.29 is 29.0 Å². The predicted molar refractivity (Wildman–Crippen MR) is 82.0 cm³/mol. The van der Waals surface area contributed by atoms with Crippen LogP contribution in [0.2, 0.25) is 0 Å². The fourth-order valence-electron chi connectivity index (χ4n) is 2.01. The fraction of sp³-hybridized carbons (Fsp3) is 0.333. The zero-order valence-corrected chi connectivity index (χ0v) is 13.1. The van der Waals surface area contributed by atoms with Gasteiger partial charge in [-0.3, -0.25) is 9.59 Å². The van der Waals surface area contributed by atoms with Crippen LogP contribution in [0, 0.1) is 5.92 Å². The Kier molecular flexibility index (Phi) is 5.38. The lowest BCUT2D eigenvalue weighted by atomic mass is 10.1. The third kappa shape index (κ3) is 3.89. The minimum absolute atomic E-state index is 0.142. The maximum absolute atomic E-state index is 12.3. The molecule has 1 saturated heterocycles. The molecular formula is C15H15NO6S. The highest BCUT2D eigenvalue weighted by molar-refractivity contribution is 8.14. The van der Waals surface area contributed by atoms with Gasteiger partial charge in [-0.1, -0.05) is 49.0 Å². The molecular weight excluding hydrogens is 322 g/mol. The van der Waals surface area contributed by atoms with Crippen LogP contribution in [0.4, 0.5) is 4.79 Å². The van der Waals surface area contributed by atoms with Gasteiger partial charge in [0.1, 0.15) is 6.61 Å². The average molecular weight is 337 g/mol. The van der Waals surface area contributed by atoms with Crippen molar-refractivity contribution in [3.05, 3.63) is 35.9 Å². The fourth-order valence-corrected chi connectivity index (χ4v) is 2.86. The second-order valence-electron chi connectivity index (χ2n) is 5.00. The van der Waals surface area contributed by atoms with Crippen molar-refractivity contribution >= 4 is 34.8 Å². The second kappa shape index (κ2) is 7.28. The van der Waals surface area contributed by atoms with Gasteiger partial charge in [-0.2, -0.15) is 0 Å². The van der Waals surface area contributed by atoms with E-state index in [1.807, 2.05) is 0 Å². The molecule has 0 aliphatic carbocycles. The van der Waals surface area contributed by atoms with Crippen LogP contribution in [-0.2, 0) is 14.3 Å². The first kappa shape index (κ1) is 17.0. The van der Waals surface area contributed by atoms with Gasteiger partial charge < -0.3 is 9.84 Å². The number of amides is 2. The summed E-state index contributed by atoms with van der Waals surface area (Å²) in [4.78, 5) is 47.4. The zero-order chi connectivity index (χ0) is 17.0. The van der Waals surface area contributed by atoms with Gasteiger partial charge in [0.05, 0.1) is 0 Å². The monoisotopic (exact) mass is 337 g/mol. The Morgan fingerprint density at radius 3 is 2.61 bits per heavy atom. The summed E-state index contributed by atoms with van der Waals surface area (Å²) in [6.45, 7) is 1.18. The Labute approximate surface area is 136 Å². The van der Waals surface area contributed by atoms with E-state index in [0.717, 1.165) is 11.8 Å². The molecule has 1 heterocycles. The molecule has 1 N–H and O–H groups in total. The molecule has 23 heavy (non-hydrogen) atoms. The molecule has 1 aliphatic rings. The van der Waals surface area contributed by atoms with Gasteiger partial charge in [0.2, 0.25) is 11.0 Å². The third-order valence-electron chi connectivity index (χ3n) is 3.29. The lowest BCUT2D eigenvalue weighted by Gasteiger charge is -2.19. The smallest absolute Gasteiger partial charge is 0.417 e. The lowest BCUT2D eigenvalue weighted by molar-refractivity contribution is -0.147. The molecule has 0 saturated carbocycles. The summed E-state index contributed by atoms with van der Waals surface area (Å²) >= 11 is 0.950. The number of aliphatic carboxylic acids is 1. The molecule has 0 bridgehead atoms. The van der Waals surface area contributed by atoms with Crippen molar-refractivity contribution in [3.63, 3.8) is 0 Å². The summed E-state index contributed by atoms with van der Waals surface area (Å²) < 4.78 is 4.62. The topological polar surface area (TPSA) is 101 Å². The molecule has 2 amide bonds. The number of hydrogen-bond donors (Lipinski definition) is 1. The first-order valence-electron chi connectivity index (χ1n) is 6.86. The van der Waals surface area contributed by atoms with Gasteiger partial charge >= 0.3 is 12.1 Å². The second-order valence-corrected chi connectivity index (χ2v) is 6.00. The predicted octanol–water partition coefficient (Wildman–Crippen LogP) is 1.63. The molecule has 0 spiro atoms. The number of benzene rings is 1. The number of imide groups is 1. The number of carboxylic acid groups (broad SMARTS) is 1. The van der Waals surface area contributed by atoms with Crippen molar-refractivity contribution in [2.24, 2.45) is 5.92 Å². The molecule has 7 nitrogen and oxygen atoms in total. The van der Waals surface area contributed by atoms with Crippen molar-refractivity contribution in [1.82, 2.24) is 4.90 Å². The van der Waals surface area contributed by atoms with Crippen LogP contribution in [0.15, 0.2) is 30.3 Å². The van der Waals surface area contributed by atoms with Crippen molar-refractivity contribution in [1.29, 1.82) is 0 Å². The van der Waals surface area contributed by atoms with E-state index >= 15 is 0 Å². The van der Waals surface area contributed by atoms with Gasteiger partial charge in [0.15, 0.2) is 6.04 Å². The number of carbonyl (C=O) groups excluding carboxylic acids is 3. The Morgan fingerprint density at radius 2 is 2.00 bits per heavy atom. The van der Waals surface area contributed by atoms with Crippen LogP contribution < -0.4 is 0 Å².